The third-order valence-electron chi connectivity index (χ3n) is 2.40. The number of carbonyl (C=O) groups is 1. The van der Waals surface area contributed by atoms with Gasteiger partial charge >= 0.3 is 6.09 Å². The van der Waals surface area contributed by atoms with Crippen molar-refractivity contribution in [2.45, 2.75) is 0 Å². The predicted octanol–water partition coefficient (Wildman–Crippen LogP) is 5.23. The van der Waals surface area contributed by atoms with Crippen molar-refractivity contribution in [3.8, 4) is 0 Å². The fourth-order valence-corrected chi connectivity index (χ4v) is 1.91. The molecule has 0 aromatic heterocycles. The van der Waals surface area contributed by atoms with Crippen molar-refractivity contribution < 1.29 is 9.63 Å². The Kier molecular flexibility index (Phi) is 5.44. The molecule has 2 rings (SSSR count). The number of anilines is 1. The first kappa shape index (κ1) is 15.6. The van der Waals surface area contributed by atoms with Crippen LogP contribution in [0.25, 0.3) is 0 Å². The highest BCUT2D eigenvalue weighted by atomic mass is 35.5. The van der Waals surface area contributed by atoms with Crippen LogP contribution in [0.1, 0.15) is 5.56 Å². The van der Waals surface area contributed by atoms with Gasteiger partial charge in [0.25, 0.3) is 0 Å². The number of amides is 1. The molecule has 0 aliphatic heterocycles. The third-order valence-corrected chi connectivity index (χ3v) is 3.48. The number of nitrogens with one attached hydrogen (secondary N) is 1. The minimum Gasteiger partial charge on any atom is -0.298 e. The lowest BCUT2D eigenvalue weighted by molar-refractivity contribution is 0.167. The Morgan fingerprint density at radius 1 is 1.05 bits per heavy atom. The van der Waals surface area contributed by atoms with Crippen LogP contribution < -0.4 is 5.32 Å². The molecule has 0 saturated carbocycles. The van der Waals surface area contributed by atoms with E-state index in [2.05, 4.69) is 15.3 Å². The SMILES string of the molecule is O=C(Nc1ccc(Cl)c(Cl)c1)O/N=C\c1ccccc1Cl. The number of benzene rings is 2. The van der Waals surface area contributed by atoms with Crippen LogP contribution in [-0.4, -0.2) is 12.3 Å². The van der Waals surface area contributed by atoms with Gasteiger partial charge < -0.3 is 0 Å². The Morgan fingerprint density at radius 3 is 2.52 bits per heavy atom. The molecule has 0 heterocycles. The summed E-state index contributed by atoms with van der Waals surface area (Å²) in [6.45, 7) is 0. The summed E-state index contributed by atoms with van der Waals surface area (Å²) in [7, 11) is 0. The average Bonchev–Trinajstić information content (AvgIpc) is 2.45. The van der Waals surface area contributed by atoms with Gasteiger partial charge in [-0.1, -0.05) is 58.2 Å². The maximum absolute atomic E-state index is 11.5. The minimum atomic E-state index is -0.753. The molecular weight excluding hydrogens is 335 g/mol. The summed E-state index contributed by atoms with van der Waals surface area (Å²) in [6, 6.07) is 11.7. The number of rotatable bonds is 3. The van der Waals surface area contributed by atoms with Gasteiger partial charge in [0.05, 0.1) is 16.3 Å². The van der Waals surface area contributed by atoms with E-state index in [9.17, 15) is 4.79 Å². The lowest BCUT2D eigenvalue weighted by Gasteiger charge is -2.04. The van der Waals surface area contributed by atoms with Crippen molar-refractivity contribution in [1.29, 1.82) is 0 Å². The Bertz CT molecular complexity index is 690. The van der Waals surface area contributed by atoms with E-state index in [0.29, 0.717) is 26.3 Å². The number of carbonyl (C=O) groups excluding carboxylic acids is 1. The van der Waals surface area contributed by atoms with Crippen LogP contribution in [0.2, 0.25) is 15.1 Å². The first-order valence-corrected chi connectivity index (χ1v) is 6.90. The summed E-state index contributed by atoms with van der Waals surface area (Å²) >= 11 is 17.5. The lowest BCUT2D eigenvalue weighted by Crippen LogP contribution is -2.10. The number of nitrogens with zero attached hydrogens (tertiary/aromatic N) is 1. The second-order valence-corrected chi connectivity index (χ2v) is 5.11. The quantitative estimate of drug-likeness (QED) is 0.471. The van der Waals surface area contributed by atoms with Crippen molar-refractivity contribution >= 4 is 52.8 Å². The molecule has 0 radical (unpaired) electrons. The van der Waals surface area contributed by atoms with Crippen molar-refractivity contribution in [2.24, 2.45) is 5.16 Å². The summed E-state index contributed by atoms with van der Waals surface area (Å²) < 4.78 is 0. The highest BCUT2D eigenvalue weighted by Gasteiger charge is 2.05. The zero-order chi connectivity index (χ0) is 15.2. The molecule has 0 bridgehead atoms. The van der Waals surface area contributed by atoms with Crippen molar-refractivity contribution in [3.63, 3.8) is 0 Å². The molecule has 7 heteroatoms. The number of halogens is 3. The summed E-state index contributed by atoms with van der Waals surface area (Å²) in [5.74, 6) is 0. The molecule has 2 aromatic carbocycles. The van der Waals surface area contributed by atoms with Crippen LogP contribution in [0.4, 0.5) is 10.5 Å². The highest BCUT2D eigenvalue weighted by molar-refractivity contribution is 6.42. The standard InChI is InChI=1S/C14H9Cl3N2O2/c15-11-4-2-1-3-9(11)8-18-21-14(20)19-10-5-6-12(16)13(17)7-10/h1-8H,(H,19,20)/b18-8-. The predicted molar refractivity (Wildman–Crippen MR) is 85.6 cm³/mol. The van der Waals surface area contributed by atoms with Gasteiger partial charge in [0.2, 0.25) is 0 Å². The summed E-state index contributed by atoms with van der Waals surface area (Å²) in [5.41, 5.74) is 1.09. The van der Waals surface area contributed by atoms with E-state index < -0.39 is 6.09 Å². The highest BCUT2D eigenvalue weighted by Crippen LogP contribution is 2.25. The Balaban J connectivity index is 1.93. The summed E-state index contributed by atoms with van der Waals surface area (Å²) in [4.78, 5) is 16.2. The molecular formula is C14H9Cl3N2O2. The molecule has 4 nitrogen and oxygen atoms in total. The number of oxime groups is 1. The molecule has 0 unspecified atom stereocenters. The zero-order valence-electron chi connectivity index (χ0n) is 10.5. The normalized spacial score (nSPS) is 10.6. The van der Waals surface area contributed by atoms with Crippen LogP contribution in [0.15, 0.2) is 47.6 Å². The van der Waals surface area contributed by atoms with Crippen molar-refractivity contribution in [1.82, 2.24) is 0 Å². The lowest BCUT2D eigenvalue weighted by atomic mass is 10.2. The maximum Gasteiger partial charge on any atom is 0.437 e. The fraction of sp³-hybridized carbons (Fsp3) is 0. The summed E-state index contributed by atoms with van der Waals surface area (Å²) in [5, 5.41) is 7.25. The smallest absolute Gasteiger partial charge is 0.298 e. The molecule has 0 atom stereocenters. The fourth-order valence-electron chi connectivity index (χ4n) is 1.43. The van der Waals surface area contributed by atoms with E-state index in [1.807, 2.05) is 0 Å². The van der Waals surface area contributed by atoms with Gasteiger partial charge in [-0.3, -0.25) is 10.2 Å². The largest absolute Gasteiger partial charge is 0.437 e. The van der Waals surface area contributed by atoms with Gasteiger partial charge in [0.15, 0.2) is 0 Å². The minimum absolute atomic E-state index is 0.328. The molecule has 2 aromatic rings. The molecule has 0 spiro atoms. The zero-order valence-corrected chi connectivity index (χ0v) is 12.8. The van der Waals surface area contributed by atoms with Crippen LogP contribution in [0, 0.1) is 0 Å². The Morgan fingerprint density at radius 2 is 1.81 bits per heavy atom. The van der Waals surface area contributed by atoms with Gasteiger partial charge in [-0.2, -0.15) is 0 Å². The summed E-state index contributed by atoms with van der Waals surface area (Å²) in [6.07, 6.45) is 0.591. The first-order valence-electron chi connectivity index (χ1n) is 5.77. The van der Waals surface area contributed by atoms with Gasteiger partial charge in [0.1, 0.15) is 0 Å². The first-order chi connectivity index (χ1) is 10.1. The van der Waals surface area contributed by atoms with E-state index in [0.717, 1.165) is 0 Å². The van der Waals surface area contributed by atoms with Crippen LogP contribution in [-0.2, 0) is 4.84 Å². The maximum atomic E-state index is 11.5. The Hall–Kier alpha value is -1.75. The van der Waals surface area contributed by atoms with Crippen LogP contribution in [0.5, 0.6) is 0 Å². The molecule has 108 valence electrons. The molecule has 21 heavy (non-hydrogen) atoms. The topological polar surface area (TPSA) is 50.7 Å². The Labute approximate surface area is 136 Å². The van der Waals surface area contributed by atoms with Gasteiger partial charge in [0, 0.05) is 16.3 Å². The van der Waals surface area contributed by atoms with Crippen molar-refractivity contribution in [3.05, 3.63) is 63.1 Å². The van der Waals surface area contributed by atoms with Crippen molar-refractivity contribution in [2.75, 3.05) is 5.32 Å². The van der Waals surface area contributed by atoms with E-state index >= 15 is 0 Å². The van der Waals surface area contributed by atoms with Gasteiger partial charge in [-0.25, -0.2) is 4.79 Å². The third kappa shape index (κ3) is 4.63. The second kappa shape index (κ2) is 7.31. The molecule has 0 aliphatic rings. The molecule has 0 saturated heterocycles. The van der Waals surface area contributed by atoms with Gasteiger partial charge in [-0.15, -0.1) is 0 Å². The van der Waals surface area contributed by atoms with E-state index in [-0.39, 0.29) is 0 Å². The molecule has 0 aliphatic carbocycles. The molecule has 1 amide bonds. The van der Waals surface area contributed by atoms with Crippen LogP contribution >= 0.6 is 34.8 Å². The second-order valence-electron chi connectivity index (χ2n) is 3.89. The molecule has 0 fully saturated rings. The van der Waals surface area contributed by atoms with Gasteiger partial charge in [-0.05, 0) is 24.3 Å². The average molecular weight is 344 g/mol. The van der Waals surface area contributed by atoms with Crippen LogP contribution in [0.3, 0.4) is 0 Å². The van der Waals surface area contributed by atoms with E-state index in [4.69, 9.17) is 34.8 Å². The monoisotopic (exact) mass is 342 g/mol. The number of hydrogen-bond donors (Lipinski definition) is 1. The van der Waals surface area contributed by atoms with E-state index in [1.54, 1.807) is 36.4 Å². The van der Waals surface area contributed by atoms with E-state index in [1.165, 1.54) is 12.3 Å². The molecule has 1 N–H and O–H groups in total. The number of hydrogen-bond acceptors (Lipinski definition) is 3.